The quantitative estimate of drug-likeness (QED) is 0.847. The zero-order valence-electron chi connectivity index (χ0n) is 12.5. The molecular formula is C15H21ClN2O3. The highest BCUT2D eigenvalue weighted by Crippen LogP contribution is 2.20. The van der Waals surface area contributed by atoms with Gasteiger partial charge in [0.05, 0.1) is 12.0 Å². The Morgan fingerprint density at radius 1 is 1.29 bits per heavy atom. The van der Waals surface area contributed by atoms with Gasteiger partial charge in [0.25, 0.3) is 0 Å². The normalized spacial score (nSPS) is 13.3. The lowest BCUT2D eigenvalue weighted by Crippen LogP contribution is -2.39. The third-order valence-corrected chi connectivity index (χ3v) is 3.78. The third-order valence-electron chi connectivity index (χ3n) is 3.53. The lowest BCUT2D eigenvalue weighted by Gasteiger charge is -2.25. The first kappa shape index (κ1) is 17.3. The molecule has 0 spiro atoms. The summed E-state index contributed by atoms with van der Waals surface area (Å²) in [4.78, 5) is 24.3. The Balaban J connectivity index is 2.50. The molecule has 0 fully saturated rings. The number of nitrogens with zero attached hydrogens (tertiary/aromatic N) is 1. The van der Waals surface area contributed by atoms with Gasteiger partial charge in [-0.25, -0.2) is 4.79 Å². The minimum absolute atomic E-state index is 0.0980. The number of carboxylic acids is 1. The van der Waals surface area contributed by atoms with Crippen molar-refractivity contribution in [1.82, 2.24) is 10.2 Å². The Morgan fingerprint density at radius 2 is 1.86 bits per heavy atom. The Morgan fingerprint density at radius 3 is 2.38 bits per heavy atom. The summed E-state index contributed by atoms with van der Waals surface area (Å²) in [5.41, 5.74) is 0.982. The molecule has 1 aromatic carbocycles. The van der Waals surface area contributed by atoms with Crippen LogP contribution in [0.1, 0.15) is 31.9 Å². The summed E-state index contributed by atoms with van der Waals surface area (Å²) in [5, 5.41) is 12.2. The van der Waals surface area contributed by atoms with Crippen LogP contribution in [0.4, 0.5) is 4.79 Å². The molecule has 0 bridgehead atoms. The van der Waals surface area contributed by atoms with E-state index in [9.17, 15) is 9.59 Å². The number of urea groups is 1. The average Bonchev–Trinajstić information content (AvgIpc) is 2.46. The number of hydrogen-bond donors (Lipinski definition) is 2. The number of carbonyl (C=O) groups is 2. The van der Waals surface area contributed by atoms with Gasteiger partial charge in [0, 0.05) is 18.6 Å². The zero-order chi connectivity index (χ0) is 16.0. The predicted octanol–water partition coefficient (Wildman–Crippen LogP) is 3.15. The van der Waals surface area contributed by atoms with E-state index in [4.69, 9.17) is 16.7 Å². The molecule has 116 valence electrons. The van der Waals surface area contributed by atoms with Crippen LogP contribution >= 0.6 is 11.6 Å². The van der Waals surface area contributed by atoms with Crippen LogP contribution in [0.15, 0.2) is 24.3 Å². The van der Waals surface area contributed by atoms with Crippen LogP contribution in [0.25, 0.3) is 0 Å². The van der Waals surface area contributed by atoms with Gasteiger partial charge in [-0.1, -0.05) is 30.7 Å². The highest BCUT2D eigenvalue weighted by atomic mass is 35.5. The van der Waals surface area contributed by atoms with Crippen molar-refractivity contribution >= 4 is 23.6 Å². The molecule has 0 radical (unpaired) electrons. The van der Waals surface area contributed by atoms with E-state index in [-0.39, 0.29) is 12.1 Å². The van der Waals surface area contributed by atoms with E-state index in [2.05, 4.69) is 5.32 Å². The zero-order valence-corrected chi connectivity index (χ0v) is 13.2. The van der Waals surface area contributed by atoms with Crippen LogP contribution in [-0.4, -0.2) is 35.6 Å². The first-order valence-electron chi connectivity index (χ1n) is 6.82. The molecule has 1 aromatic rings. The van der Waals surface area contributed by atoms with Crippen molar-refractivity contribution in [2.24, 2.45) is 5.92 Å². The number of carboxylic acid groups (broad SMARTS) is 1. The van der Waals surface area contributed by atoms with E-state index in [0.29, 0.717) is 18.0 Å². The summed E-state index contributed by atoms with van der Waals surface area (Å²) in [5.74, 6) is -1.32. The summed E-state index contributed by atoms with van der Waals surface area (Å²) in [6.07, 6.45) is 0.407. The Labute approximate surface area is 129 Å². The van der Waals surface area contributed by atoms with Crippen molar-refractivity contribution in [3.63, 3.8) is 0 Å². The Bertz CT molecular complexity index is 490. The molecule has 21 heavy (non-hydrogen) atoms. The minimum Gasteiger partial charge on any atom is -0.481 e. The number of hydrogen-bond acceptors (Lipinski definition) is 2. The predicted molar refractivity (Wildman–Crippen MR) is 82.4 cm³/mol. The van der Waals surface area contributed by atoms with Gasteiger partial charge in [-0.2, -0.15) is 0 Å². The summed E-state index contributed by atoms with van der Waals surface area (Å²) < 4.78 is 0. The molecule has 0 aliphatic carbocycles. The highest BCUT2D eigenvalue weighted by molar-refractivity contribution is 6.30. The first-order valence-corrected chi connectivity index (χ1v) is 7.19. The molecule has 0 saturated heterocycles. The SMILES string of the molecule is CC(CCNC(=O)N(C)C(C)c1ccc(Cl)cc1)C(=O)O. The molecular weight excluding hydrogens is 292 g/mol. The largest absolute Gasteiger partial charge is 0.481 e. The fourth-order valence-electron chi connectivity index (χ4n) is 1.78. The number of nitrogens with one attached hydrogen (secondary N) is 1. The van der Waals surface area contributed by atoms with Crippen LogP contribution in [-0.2, 0) is 4.79 Å². The monoisotopic (exact) mass is 312 g/mol. The van der Waals surface area contributed by atoms with E-state index >= 15 is 0 Å². The van der Waals surface area contributed by atoms with E-state index in [1.54, 1.807) is 31.0 Å². The lowest BCUT2D eigenvalue weighted by atomic mass is 10.1. The van der Waals surface area contributed by atoms with Gasteiger partial charge >= 0.3 is 12.0 Å². The van der Waals surface area contributed by atoms with Crippen molar-refractivity contribution in [3.05, 3.63) is 34.9 Å². The number of halogens is 1. The maximum atomic E-state index is 12.0. The molecule has 2 unspecified atom stereocenters. The molecule has 2 atom stereocenters. The standard InChI is InChI=1S/C15H21ClN2O3/c1-10(14(19)20)8-9-17-15(21)18(3)11(2)12-4-6-13(16)7-5-12/h4-7,10-11H,8-9H2,1-3H3,(H,17,21)(H,19,20). The summed E-state index contributed by atoms with van der Waals surface area (Å²) in [6.45, 7) is 3.88. The number of carbonyl (C=O) groups excluding carboxylic acids is 1. The second kappa shape index (κ2) is 7.88. The fraction of sp³-hybridized carbons (Fsp3) is 0.467. The van der Waals surface area contributed by atoms with Gasteiger partial charge in [-0.3, -0.25) is 4.79 Å². The molecule has 0 heterocycles. The van der Waals surface area contributed by atoms with E-state index < -0.39 is 11.9 Å². The molecule has 0 aliphatic heterocycles. The maximum Gasteiger partial charge on any atom is 0.317 e. The minimum atomic E-state index is -0.855. The first-order chi connectivity index (χ1) is 9.82. The average molecular weight is 313 g/mol. The molecule has 0 aromatic heterocycles. The van der Waals surface area contributed by atoms with E-state index in [0.717, 1.165) is 5.56 Å². The lowest BCUT2D eigenvalue weighted by molar-refractivity contribution is -0.141. The van der Waals surface area contributed by atoms with Crippen LogP contribution in [0.3, 0.4) is 0 Å². The third kappa shape index (κ3) is 5.27. The molecule has 0 saturated carbocycles. The van der Waals surface area contributed by atoms with Gasteiger partial charge in [-0.15, -0.1) is 0 Å². The topological polar surface area (TPSA) is 69.6 Å². The van der Waals surface area contributed by atoms with Crippen LogP contribution in [0, 0.1) is 5.92 Å². The van der Waals surface area contributed by atoms with Crippen molar-refractivity contribution in [2.75, 3.05) is 13.6 Å². The molecule has 1 rings (SSSR count). The van der Waals surface area contributed by atoms with E-state index in [1.165, 1.54) is 0 Å². The summed E-state index contributed by atoms with van der Waals surface area (Å²) in [7, 11) is 1.70. The smallest absolute Gasteiger partial charge is 0.317 e. The van der Waals surface area contributed by atoms with Crippen molar-refractivity contribution in [2.45, 2.75) is 26.3 Å². The summed E-state index contributed by atoms with van der Waals surface area (Å²) in [6, 6.07) is 7.00. The number of aliphatic carboxylic acids is 1. The van der Waals surface area contributed by atoms with Crippen LogP contribution < -0.4 is 5.32 Å². The van der Waals surface area contributed by atoms with Crippen molar-refractivity contribution < 1.29 is 14.7 Å². The second-order valence-corrected chi connectivity index (χ2v) is 5.53. The van der Waals surface area contributed by atoms with Gasteiger partial charge < -0.3 is 15.3 Å². The van der Waals surface area contributed by atoms with Gasteiger partial charge in [0.15, 0.2) is 0 Å². The molecule has 0 aliphatic rings. The fourth-order valence-corrected chi connectivity index (χ4v) is 1.91. The van der Waals surface area contributed by atoms with Crippen molar-refractivity contribution in [3.8, 4) is 0 Å². The molecule has 2 N–H and O–H groups in total. The van der Waals surface area contributed by atoms with Gasteiger partial charge in [0.1, 0.15) is 0 Å². The number of rotatable bonds is 6. The van der Waals surface area contributed by atoms with E-state index in [1.807, 2.05) is 19.1 Å². The molecule has 2 amide bonds. The second-order valence-electron chi connectivity index (χ2n) is 5.10. The Hall–Kier alpha value is -1.75. The van der Waals surface area contributed by atoms with Gasteiger partial charge in [0.2, 0.25) is 0 Å². The Kier molecular flexibility index (Phi) is 6.49. The number of benzene rings is 1. The van der Waals surface area contributed by atoms with Gasteiger partial charge in [-0.05, 0) is 31.0 Å². The van der Waals surface area contributed by atoms with Crippen LogP contribution in [0.2, 0.25) is 5.02 Å². The maximum absolute atomic E-state index is 12.0. The number of amides is 2. The summed E-state index contributed by atoms with van der Waals surface area (Å²) >= 11 is 5.84. The highest BCUT2D eigenvalue weighted by Gasteiger charge is 2.17. The van der Waals surface area contributed by atoms with Crippen molar-refractivity contribution in [1.29, 1.82) is 0 Å². The molecule has 5 nitrogen and oxygen atoms in total. The molecule has 6 heteroatoms. The van der Waals surface area contributed by atoms with Crippen LogP contribution in [0.5, 0.6) is 0 Å².